The van der Waals surface area contributed by atoms with Crippen LogP contribution in [0.15, 0.2) is 41.1 Å². The minimum atomic E-state index is -2.81. The second-order valence-electron chi connectivity index (χ2n) is 5.16. The number of alkyl halides is 2. The van der Waals surface area contributed by atoms with E-state index in [4.69, 9.17) is 4.74 Å². The molecule has 0 unspecified atom stereocenters. The molecule has 0 saturated carbocycles. The maximum Gasteiger partial charge on any atom is 0.387 e. The molecule has 1 fully saturated rings. The Morgan fingerprint density at radius 3 is 2.59 bits per heavy atom. The third kappa shape index (κ3) is 3.45. The van der Waals surface area contributed by atoms with Crippen molar-refractivity contribution in [3.63, 3.8) is 0 Å². The van der Waals surface area contributed by atoms with E-state index in [1.807, 2.05) is 17.5 Å². The number of halogens is 2. The summed E-state index contributed by atoms with van der Waals surface area (Å²) in [6.45, 7) is 0.747. The maximum atomic E-state index is 12.7. The van der Waals surface area contributed by atoms with Gasteiger partial charge in [-0.05, 0) is 28.5 Å². The number of ether oxygens (including phenoxy) is 1. The van der Waals surface area contributed by atoms with E-state index in [9.17, 15) is 8.78 Å². The molecule has 0 aliphatic carbocycles. The summed E-state index contributed by atoms with van der Waals surface area (Å²) in [4.78, 5) is 2.31. The number of nitrogens with one attached hydrogen (secondary N) is 1. The zero-order valence-corrected chi connectivity index (χ0v) is 12.9. The van der Waals surface area contributed by atoms with Crippen LogP contribution in [0, 0.1) is 0 Å². The Balaban J connectivity index is 1.98. The average molecular weight is 324 g/mol. The Labute approximate surface area is 132 Å². The van der Waals surface area contributed by atoms with E-state index >= 15 is 0 Å². The van der Waals surface area contributed by atoms with Crippen LogP contribution in [-0.4, -0.2) is 37.7 Å². The minimum Gasteiger partial charge on any atom is -0.434 e. The molecular weight excluding hydrogens is 306 g/mol. The summed E-state index contributed by atoms with van der Waals surface area (Å²) in [5, 5.41) is 7.41. The number of hydrogen-bond donors (Lipinski definition) is 1. The number of piperazine rings is 1. The van der Waals surface area contributed by atoms with Crippen molar-refractivity contribution in [2.24, 2.45) is 0 Å². The van der Waals surface area contributed by atoms with Gasteiger partial charge in [0.1, 0.15) is 5.75 Å². The molecule has 3 nitrogen and oxygen atoms in total. The van der Waals surface area contributed by atoms with Crippen molar-refractivity contribution in [3.05, 3.63) is 52.2 Å². The van der Waals surface area contributed by atoms with Crippen molar-refractivity contribution in [1.82, 2.24) is 10.2 Å². The highest BCUT2D eigenvalue weighted by molar-refractivity contribution is 7.08. The summed E-state index contributed by atoms with van der Waals surface area (Å²) in [7, 11) is 0. The quantitative estimate of drug-likeness (QED) is 0.913. The van der Waals surface area contributed by atoms with Crippen molar-refractivity contribution in [3.8, 4) is 5.75 Å². The molecule has 1 aliphatic heterocycles. The second-order valence-corrected chi connectivity index (χ2v) is 5.94. The number of hydrogen-bond acceptors (Lipinski definition) is 4. The largest absolute Gasteiger partial charge is 0.434 e. The first-order valence-corrected chi connectivity index (χ1v) is 8.20. The van der Waals surface area contributed by atoms with Gasteiger partial charge in [-0.2, -0.15) is 20.1 Å². The predicted molar refractivity (Wildman–Crippen MR) is 83.7 cm³/mol. The van der Waals surface area contributed by atoms with Crippen molar-refractivity contribution < 1.29 is 13.5 Å². The van der Waals surface area contributed by atoms with E-state index < -0.39 is 6.61 Å². The fourth-order valence-corrected chi connectivity index (χ4v) is 3.55. The molecular formula is C16H18F2N2OS. The molecule has 1 aromatic heterocycles. The van der Waals surface area contributed by atoms with Gasteiger partial charge in [0.25, 0.3) is 0 Å². The predicted octanol–water partition coefficient (Wildman–Crippen LogP) is 3.34. The van der Waals surface area contributed by atoms with E-state index in [2.05, 4.69) is 21.7 Å². The fourth-order valence-electron chi connectivity index (χ4n) is 2.87. The molecule has 1 aliphatic rings. The van der Waals surface area contributed by atoms with Crippen molar-refractivity contribution in [2.75, 3.05) is 26.2 Å². The average Bonchev–Trinajstić information content (AvgIpc) is 3.04. The van der Waals surface area contributed by atoms with E-state index in [-0.39, 0.29) is 11.8 Å². The normalized spacial score (nSPS) is 17.6. The number of rotatable bonds is 5. The summed E-state index contributed by atoms with van der Waals surface area (Å²) >= 11 is 1.62. The second kappa shape index (κ2) is 7.17. The van der Waals surface area contributed by atoms with Crippen LogP contribution in [0.25, 0.3) is 0 Å². The SMILES string of the molecule is FC(F)Oc1ccccc1[C@@H](c1ccsc1)N1CCNCC1. The van der Waals surface area contributed by atoms with E-state index in [1.54, 1.807) is 23.5 Å². The molecule has 0 radical (unpaired) electrons. The van der Waals surface area contributed by atoms with Crippen LogP contribution in [0.2, 0.25) is 0 Å². The van der Waals surface area contributed by atoms with E-state index in [0.29, 0.717) is 0 Å². The zero-order valence-electron chi connectivity index (χ0n) is 12.0. The van der Waals surface area contributed by atoms with Gasteiger partial charge >= 0.3 is 6.61 Å². The van der Waals surface area contributed by atoms with Crippen LogP contribution in [0.1, 0.15) is 17.2 Å². The molecule has 22 heavy (non-hydrogen) atoms. The summed E-state index contributed by atoms with van der Waals surface area (Å²) < 4.78 is 30.2. The summed E-state index contributed by atoms with van der Waals surface area (Å²) in [5.74, 6) is 0.257. The smallest absolute Gasteiger partial charge is 0.387 e. The molecule has 0 amide bonds. The van der Waals surface area contributed by atoms with Crippen LogP contribution >= 0.6 is 11.3 Å². The van der Waals surface area contributed by atoms with Crippen LogP contribution in [0.4, 0.5) is 8.78 Å². The summed E-state index contributed by atoms with van der Waals surface area (Å²) in [6.07, 6.45) is 0. The van der Waals surface area contributed by atoms with Gasteiger partial charge in [-0.25, -0.2) is 0 Å². The summed E-state index contributed by atoms with van der Waals surface area (Å²) in [6, 6.07) is 9.09. The number of nitrogens with zero attached hydrogens (tertiary/aromatic N) is 1. The van der Waals surface area contributed by atoms with E-state index in [1.165, 1.54) is 0 Å². The third-order valence-corrected chi connectivity index (χ3v) is 4.51. The van der Waals surface area contributed by atoms with Crippen molar-refractivity contribution in [2.45, 2.75) is 12.7 Å². The van der Waals surface area contributed by atoms with Gasteiger partial charge in [0.15, 0.2) is 0 Å². The van der Waals surface area contributed by atoms with Gasteiger partial charge in [0.05, 0.1) is 6.04 Å². The molecule has 1 N–H and O–H groups in total. The molecule has 6 heteroatoms. The van der Waals surface area contributed by atoms with E-state index in [0.717, 1.165) is 37.3 Å². The topological polar surface area (TPSA) is 24.5 Å². The molecule has 118 valence electrons. The Hall–Kier alpha value is -1.50. The van der Waals surface area contributed by atoms with Gasteiger partial charge in [-0.3, -0.25) is 4.90 Å². The monoisotopic (exact) mass is 324 g/mol. The lowest BCUT2D eigenvalue weighted by molar-refractivity contribution is -0.0510. The van der Waals surface area contributed by atoms with Gasteiger partial charge in [0.2, 0.25) is 0 Å². The first kappa shape index (κ1) is 15.4. The Bertz CT molecular complexity index is 586. The van der Waals surface area contributed by atoms with Crippen LogP contribution in [0.5, 0.6) is 5.75 Å². The van der Waals surface area contributed by atoms with Gasteiger partial charge in [-0.15, -0.1) is 0 Å². The summed E-state index contributed by atoms with van der Waals surface area (Å²) in [5.41, 5.74) is 1.92. The number of thiophene rings is 1. The highest BCUT2D eigenvalue weighted by atomic mass is 32.1. The number of benzene rings is 1. The molecule has 3 rings (SSSR count). The lowest BCUT2D eigenvalue weighted by atomic mass is 9.98. The van der Waals surface area contributed by atoms with Gasteiger partial charge in [-0.1, -0.05) is 18.2 Å². The van der Waals surface area contributed by atoms with Crippen LogP contribution in [-0.2, 0) is 0 Å². The number of para-hydroxylation sites is 1. The van der Waals surface area contributed by atoms with Gasteiger partial charge in [0, 0.05) is 31.7 Å². The highest BCUT2D eigenvalue weighted by Crippen LogP contribution is 2.36. The third-order valence-electron chi connectivity index (χ3n) is 3.81. The molecule has 1 atom stereocenters. The highest BCUT2D eigenvalue weighted by Gasteiger charge is 2.27. The van der Waals surface area contributed by atoms with Crippen molar-refractivity contribution >= 4 is 11.3 Å². The lowest BCUT2D eigenvalue weighted by Gasteiger charge is -2.35. The Kier molecular flexibility index (Phi) is 5.02. The Morgan fingerprint density at radius 2 is 1.91 bits per heavy atom. The molecule has 0 bridgehead atoms. The molecule has 1 saturated heterocycles. The first-order valence-electron chi connectivity index (χ1n) is 7.26. The molecule has 1 aromatic carbocycles. The fraction of sp³-hybridized carbons (Fsp3) is 0.375. The van der Waals surface area contributed by atoms with Crippen LogP contribution in [0.3, 0.4) is 0 Å². The molecule has 2 heterocycles. The van der Waals surface area contributed by atoms with Crippen molar-refractivity contribution in [1.29, 1.82) is 0 Å². The first-order chi connectivity index (χ1) is 10.8. The lowest BCUT2D eigenvalue weighted by Crippen LogP contribution is -2.45. The Morgan fingerprint density at radius 1 is 1.14 bits per heavy atom. The van der Waals surface area contributed by atoms with Crippen LogP contribution < -0.4 is 10.1 Å². The van der Waals surface area contributed by atoms with Gasteiger partial charge < -0.3 is 10.1 Å². The standard InChI is InChI=1S/C16H18F2N2OS/c17-16(18)21-14-4-2-1-3-13(14)15(12-5-10-22-11-12)20-8-6-19-7-9-20/h1-5,10-11,15-16,19H,6-9H2/t15-/m1/s1. The zero-order chi connectivity index (χ0) is 15.4. The maximum absolute atomic E-state index is 12.7. The molecule has 2 aromatic rings. The molecule has 0 spiro atoms. The minimum absolute atomic E-state index is 0.0525.